The Hall–Kier alpha value is -1.02. The van der Waals surface area contributed by atoms with Crippen LogP contribution in [-0.4, -0.2) is 25.7 Å². The van der Waals surface area contributed by atoms with E-state index in [0.717, 1.165) is 13.1 Å². The van der Waals surface area contributed by atoms with Gasteiger partial charge in [0.1, 0.15) is 0 Å². The first-order valence-electron chi connectivity index (χ1n) is 5.93. The Morgan fingerprint density at radius 1 is 1.33 bits per heavy atom. The van der Waals surface area contributed by atoms with Gasteiger partial charge in [-0.25, -0.2) is 0 Å². The first kappa shape index (κ1) is 10.5. The lowest BCUT2D eigenvalue weighted by Gasteiger charge is -2.18. The lowest BCUT2D eigenvalue weighted by molar-refractivity contribution is 0.549. The SMILES string of the molecule is CCCNC1CCN(c2ccccc2)C1. The highest BCUT2D eigenvalue weighted by Gasteiger charge is 2.21. The van der Waals surface area contributed by atoms with Crippen LogP contribution in [0.25, 0.3) is 0 Å². The predicted molar refractivity (Wildman–Crippen MR) is 65.4 cm³/mol. The third kappa shape index (κ3) is 2.72. The Morgan fingerprint density at radius 3 is 2.87 bits per heavy atom. The van der Waals surface area contributed by atoms with E-state index < -0.39 is 0 Å². The van der Waals surface area contributed by atoms with Gasteiger partial charge in [-0.3, -0.25) is 0 Å². The summed E-state index contributed by atoms with van der Waals surface area (Å²) in [6, 6.07) is 11.4. The zero-order valence-corrected chi connectivity index (χ0v) is 9.45. The second-order valence-electron chi connectivity index (χ2n) is 4.22. The standard InChI is InChI=1S/C13H20N2/c1-2-9-14-12-8-10-15(11-12)13-6-4-3-5-7-13/h3-7,12,14H,2,8-11H2,1H3. The van der Waals surface area contributed by atoms with E-state index >= 15 is 0 Å². The summed E-state index contributed by atoms with van der Waals surface area (Å²) in [5.74, 6) is 0. The highest BCUT2D eigenvalue weighted by atomic mass is 15.2. The number of benzene rings is 1. The van der Waals surface area contributed by atoms with Crippen molar-refractivity contribution in [3.05, 3.63) is 30.3 Å². The second-order valence-corrected chi connectivity index (χ2v) is 4.22. The number of anilines is 1. The molecule has 1 fully saturated rings. The van der Waals surface area contributed by atoms with Gasteiger partial charge in [-0.1, -0.05) is 25.1 Å². The molecule has 0 aromatic heterocycles. The van der Waals surface area contributed by atoms with E-state index in [1.54, 1.807) is 0 Å². The van der Waals surface area contributed by atoms with Crippen LogP contribution in [0, 0.1) is 0 Å². The molecule has 2 rings (SSSR count). The molecule has 1 unspecified atom stereocenters. The molecule has 2 heteroatoms. The van der Waals surface area contributed by atoms with E-state index in [0.29, 0.717) is 6.04 Å². The summed E-state index contributed by atoms with van der Waals surface area (Å²) in [6.45, 7) is 5.71. The van der Waals surface area contributed by atoms with Gasteiger partial charge in [0.2, 0.25) is 0 Å². The maximum absolute atomic E-state index is 3.59. The Balaban J connectivity index is 1.87. The molecule has 0 bridgehead atoms. The van der Waals surface area contributed by atoms with Crippen LogP contribution in [0.1, 0.15) is 19.8 Å². The van der Waals surface area contributed by atoms with E-state index in [1.807, 2.05) is 0 Å². The van der Waals surface area contributed by atoms with E-state index in [9.17, 15) is 0 Å². The molecule has 2 nitrogen and oxygen atoms in total. The van der Waals surface area contributed by atoms with Crippen LogP contribution in [0.2, 0.25) is 0 Å². The largest absolute Gasteiger partial charge is 0.370 e. The van der Waals surface area contributed by atoms with Crippen molar-refractivity contribution in [3.63, 3.8) is 0 Å². The Morgan fingerprint density at radius 2 is 2.13 bits per heavy atom. The minimum Gasteiger partial charge on any atom is -0.370 e. The van der Waals surface area contributed by atoms with E-state index in [1.165, 1.54) is 25.1 Å². The first-order chi connectivity index (χ1) is 7.40. The molecule has 1 aromatic rings. The Labute approximate surface area is 92.3 Å². The number of rotatable bonds is 4. The molecule has 1 heterocycles. The molecule has 1 aliphatic heterocycles. The summed E-state index contributed by atoms with van der Waals surface area (Å²) in [4.78, 5) is 2.47. The van der Waals surface area contributed by atoms with Gasteiger partial charge in [-0.2, -0.15) is 0 Å². The summed E-state index contributed by atoms with van der Waals surface area (Å²) in [5, 5.41) is 3.59. The van der Waals surface area contributed by atoms with Crippen molar-refractivity contribution in [1.29, 1.82) is 0 Å². The molecule has 1 atom stereocenters. The Kier molecular flexibility index (Phi) is 3.62. The fourth-order valence-corrected chi connectivity index (χ4v) is 2.15. The average molecular weight is 204 g/mol. The topological polar surface area (TPSA) is 15.3 Å². The maximum Gasteiger partial charge on any atom is 0.0366 e. The molecule has 0 radical (unpaired) electrons. The van der Waals surface area contributed by atoms with E-state index in [-0.39, 0.29) is 0 Å². The first-order valence-corrected chi connectivity index (χ1v) is 5.93. The summed E-state index contributed by atoms with van der Waals surface area (Å²) in [6.07, 6.45) is 2.50. The molecule has 1 aliphatic rings. The van der Waals surface area contributed by atoms with Crippen LogP contribution in [0.15, 0.2) is 30.3 Å². The number of hydrogen-bond donors (Lipinski definition) is 1. The zero-order valence-electron chi connectivity index (χ0n) is 9.45. The maximum atomic E-state index is 3.59. The Bertz CT molecular complexity index is 284. The van der Waals surface area contributed by atoms with Gasteiger partial charge in [0, 0.05) is 24.8 Å². The van der Waals surface area contributed by atoms with Crippen LogP contribution in [0.5, 0.6) is 0 Å². The van der Waals surface area contributed by atoms with Crippen LogP contribution >= 0.6 is 0 Å². The molecule has 15 heavy (non-hydrogen) atoms. The van der Waals surface area contributed by atoms with Crippen LogP contribution < -0.4 is 10.2 Å². The van der Waals surface area contributed by atoms with Gasteiger partial charge >= 0.3 is 0 Å². The smallest absolute Gasteiger partial charge is 0.0366 e. The predicted octanol–water partition coefficient (Wildman–Crippen LogP) is 2.26. The molecule has 1 N–H and O–H groups in total. The fraction of sp³-hybridized carbons (Fsp3) is 0.538. The minimum absolute atomic E-state index is 0.685. The molecule has 1 aromatic carbocycles. The number of nitrogens with zero attached hydrogens (tertiary/aromatic N) is 1. The lowest BCUT2D eigenvalue weighted by Crippen LogP contribution is -2.32. The van der Waals surface area contributed by atoms with Crippen molar-refractivity contribution in [2.24, 2.45) is 0 Å². The van der Waals surface area contributed by atoms with Crippen LogP contribution in [-0.2, 0) is 0 Å². The average Bonchev–Trinajstić information content (AvgIpc) is 2.76. The van der Waals surface area contributed by atoms with Gasteiger partial charge in [0.25, 0.3) is 0 Å². The molecular weight excluding hydrogens is 184 g/mol. The molecule has 0 aliphatic carbocycles. The summed E-state index contributed by atoms with van der Waals surface area (Å²) >= 11 is 0. The molecule has 82 valence electrons. The van der Waals surface area contributed by atoms with E-state index in [4.69, 9.17) is 0 Å². The highest BCUT2D eigenvalue weighted by molar-refractivity contribution is 5.47. The summed E-state index contributed by atoms with van der Waals surface area (Å²) in [7, 11) is 0. The van der Waals surface area contributed by atoms with Gasteiger partial charge in [-0.15, -0.1) is 0 Å². The normalized spacial score (nSPS) is 20.9. The van der Waals surface area contributed by atoms with Crippen molar-refractivity contribution in [2.75, 3.05) is 24.5 Å². The van der Waals surface area contributed by atoms with E-state index in [2.05, 4.69) is 47.5 Å². The second kappa shape index (κ2) is 5.17. The molecule has 0 spiro atoms. The van der Waals surface area contributed by atoms with Crippen molar-refractivity contribution in [3.8, 4) is 0 Å². The number of para-hydroxylation sites is 1. The zero-order chi connectivity index (χ0) is 10.5. The highest BCUT2D eigenvalue weighted by Crippen LogP contribution is 2.19. The van der Waals surface area contributed by atoms with Crippen molar-refractivity contribution in [1.82, 2.24) is 5.32 Å². The van der Waals surface area contributed by atoms with Gasteiger partial charge in [-0.05, 0) is 31.5 Å². The van der Waals surface area contributed by atoms with Crippen LogP contribution in [0.4, 0.5) is 5.69 Å². The van der Waals surface area contributed by atoms with Crippen molar-refractivity contribution >= 4 is 5.69 Å². The summed E-state index contributed by atoms with van der Waals surface area (Å²) < 4.78 is 0. The van der Waals surface area contributed by atoms with Crippen molar-refractivity contribution in [2.45, 2.75) is 25.8 Å². The number of hydrogen-bond acceptors (Lipinski definition) is 2. The molecule has 1 saturated heterocycles. The lowest BCUT2D eigenvalue weighted by atomic mass is 10.2. The quantitative estimate of drug-likeness (QED) is 0.809. The summed E-state index contributed by atoms with van der Waals surface area (Å²) in [5.41, 5.74) is 1.36. The molecular formula is C13H20N2. The monoisotopic (exact) mass is 204 g/mol. The fourth-order valence-electron chi connectivity index (χ4n) is 2.15. The van der Waals surface area contributed by atoms with Crippen molar-refractivity contribution < 1.29 is 0 Å². The minimum atomic E-state index is 0.685. The van der Waals surface area contributed by atoms with Crippen LogP contribution in [0.3, 0.4) is 0 Å². The third-order valence-electron chi connectivity index (χ3n) is 2.99. The van der Waals surface area contributed by atoms with Gasteiger partial charge < -0.3 is 10.2 Å². The molecule has 0 amide bonds. The number of nitrogens with one attached hydrogen (secondary N) is 1. The molecule has 0 saturated carbocycles. The van der Waals surface area contributed by atoms with Gasteiger partial charge in [0.15, 0.2) is 0 Å². The van der Waals surface area contributed by atoms with Gasteiger partial charge in [0.05, 0.1) is 0 Å². The third-order valence-corrected chi connectivity index (χ3v) is 2.99.